The van der Waals surface area contributed by atoms with Crippen molar-refractivity contribution in [2.45, 2.75) is 0 Å². The summed E-state index contributed by atoms with van der Waals surface area (Å²) in [7, 11) is 1.75. The molecule has 62 valence electrons. The van der Waals surface area contributed by atoms with Gasteiger partial charge in [0.2, 0.25) is 6.39 Å². The van der Waals surface area contributed by atoms with Gasteiger partial charge in [0.1, 0.15) is 5.82 Å². The number of nitrogen functional groups attached to an aromatic ring is 1. The zero-order chi connectivity index (χ0) is 8.55. The van der Waals surface area contributed by atoms with Crippen molar-refractivity contribution in [2.24, 2.45) is 7.05 Å². The maximum atomic E-state index is 5.56. The third-order valence-electron chi connectivity index (χ3n) is 1.50. The molecule has 0 saturated carbocycles. The van der Waals surface area contributed by atoms with E-state index in [-0.39, 0.29) is 0 Å². The van der Waals surface area contributed by atoms with Gasteiger partial charge in [-0.1, -0.05) is 0 Å². The SMILES string of the molecule is Cn1nc(-c2nnco2)cc1N. The minimum atomic E-state index is 0.377. The van der Waals surface area contributed by atoms with Crippen LogP contribution in [-0.4, -0.2) is 20.0 Å². The Morgan fingerprint density at radius 1 is 1.58 bits per heavy atom. The van der Waals surface area contributed by atoms with E-state index in [9.17, 15) is 0 Å². The van der Waals surface area contributed by atoms with Gasteiger partial charge in [0, 0.05) is 13.1 Å². The van der Waals surface area contributed by atoms with Gasteiger partial charge in [0.05, 0.1) is 0 Å². The first-order valence-electron chi connectivity index (χ1n) is 3.33. The van der Waals surface area contributed by atoms with Crippen molar-refractivity contribution in [1.29, 1.82) is 0 Å². The molecule has 0 aliphatic rings. The lowest BCUT2D eigenvalue weighted by atomic mass is 10.4. The molecule has 12 heavy (non-hydrogen) atoms. The highest BCUT2D eigenvalue weighted by molar-refractivity contribution is 5.51. The Morgan fingerprint density at radius 2 is 2.42 bits per heavy atom. The highest BCUT2D eigenvalue weighted by atomic mass is 16.4. The second-order valence-corrected chi connectivity index (χ2v) is 2.32. The second-order valence-electron chi connectivity index (χ2n) is 2.32. The lowest BCUT2D eigenvalue weighted by Crippen LogP contribution is -1.96. The van der Waals surface area contributed by atoms with Crippen LogP contribution in [0.25, 0.3) is 11.6 Å². The Hall–Kier alpha value is -1.85. The predicted octanol–water partition coefficient (Wildman–Crippen LogP) is 0.0523. The van der Waals surface area contributed by atoms with Crippen LogP contribution in [0.5, 0.6) is 0 Å². The monoisotopic (exact) mass is 165 g/mol. The van der Waals surface area contributed by atoms with Crippen LogP contribution in [0, 0.1) is 0 Å². The molecule has 6 nitrogen and oxygen atoms in total. The first kappa shape index (κ1) is 6.84. The molecule has 2 aromatic rings. The zero-order valence-electron chi connectivity index (χ0n) is 6.43. The third-order valence-corrected chi connectivity index (χ3v) is 1.50. The van der Waals surface area contributed by atoms with Crippen molar-refractivity contribution in [3.05, 3.63) is 12.5 Å². The average molecular weight is 165 g/mol. The molecule has 2 N–H and O–H groups in total. The normalized spacial score (nSPS) is 10.4. The third kappa shape index (κ3) is 0.931. The molecular formula is C6H7N5O. The Kier molecular flexibility index (Phi) is 1.33. The van der Waals surface area contributed by atoms with E-state index < -0.39 is 0 Å². The highest BCUT2D eigenvalue weighted by Crippen LogP contribution is 2.15. The van der Waals surface area contributed by atoms with E-state index in [1.807, 2.05) is 0 Å². The molecule has 0 aliphatic carbocycles. The van der Waals surface area contributed by atoms with Crippen LogP contribution in [0.3, 0.4) is 0 Å². The molecule has 2 heterocycles. The van der Waals surface area contributed by atoms with Gasteiger partial charge in [-0.15, -0.1) is 10.2 Å². The number of aromatic nitrogens is 4. The minimum Gasteiger partial charge on any atom is -0.422 e. The van der Waals surface area contributed by atoms with Crippen molar-refractivity contribution < 1.29 is 4.42 Å². The molecule has 2 aromatic heterocycles. The van der Waals surface area contributed by atoms with E-state index in [0.29, 0.717) is 17.4 Å². The number of anilines is 1. The van der Waals surface area contributed by atoms with Crippen LogP contribution < -0.4 is 5.73 Å². The number of hydrogen-bond donors (Lipinski definition) is 1. The van der Waals surface area contributed by atoms with Crippen LogP contribution in [0.1, 0.15) is 0 Å². The maximum absolute atomic E-state index is 5.56. The van der Waals surface area contributed by atoms with Crippen LogP contribution in [0.4, 0.5) is 5.82 Å². The van der Waals surface area contributed by atoms with Gasteiger partial charge in [-0.2, -0.15) is 5.10 Å². The van der Waals surface area contributed by atoms with Gasteiger partial charge in [0.25, 0.3) is 5.89 Å². The molecule has 0 radical (unpaired) electrons. The van der Waals surface area contributed by atoms with E-state index in [0.717, 1.165) is 0 Å². The predicted molar refractivity (Wildman–Crippen MR) is 40.9 cm³/mol. The fraction of sp³-hybridized carbons (Fsp3) is 0.167. The summed E-state index contributed by atoms with van der Waals surface area (Å²) in [4.78, 5) is 0. The smallest absolute Gasteiger partial charge is 0.268 e. The standard InChI is InChI=1S/C6H7N5O/c1-11-5(7)2-4(10-11)6-9-8-3-12-6/h2-3H,7H2,1H3. The first-order valence-corrected chi connectivity index (χ1v) is 3.33. The van der Waals surface area contributed by atoms with Crippen LogP contribution in [0.15, 0.2) is 16.9 Å². The first-order chi connectivity index (χ1) is 5.77. The summed E-state index contributed by atoms with van der Waals surface area (Å²) in [5.74, 6) is 0.936. The Balaban J connectivity index is 2.48. The van der Waals surface area contributed by atoms with Crippen molar-refractivity contribution in [2.75, 3.05) is 5.73 Å². The van der Waals surface area contributed by atoms with Gasteiger partial charge in [-0.05, 0) is 0 Å². The second kappa shape index (κ2) is 2.33. The van der Waals surface area contributed by atoms with Crippen molar-refractivity contribution in [1.82, 2.24) is 20.0 Å². The fourth-order valence-electron chi connectivity index (χ4n) is 0.871. The molecule has 0 aromatic carbocycles. The summed E-state index contributed by atoms with van der Waals surface area (Å²) in [6.45, 7) is 0. The Morgan fingerprint density at radius 3 is 2.92 bits per heavy atom. The molecule has 0 saturated heterocycles. The molecule has 6 heteroatoms. The van der Waals surface area contributed by atoms with Gasteiger partial charge >= 0.3 is 0 Å². The van der Waals surface area contributed by atoms with Crippen molar-refractivity contribution in [3.8, 4) is 11.6 Å². The molecule has 0 bridgehead atoms. The highest BCUT2D eigenvalue weighted by Gasteiger charge is 2.08. The average Bonchev–Trinajstić information content (AvgIpc) is 2.61. The van der Waals surface area contributed by atoms with Crippen molar-refractivity contribution in [3.63, 3.8) is 0 Å². The largest absolute Gasteiger partial charge is 0.422 e. The van der Waals surface area contributed by atoms with E-state index in [1.54, 1.807) is 17.8 Å². The van der Waals surface area contributed by atoms with E-state index in [1.165, 1.54) is 6.39 Å². The maximum Gasteiger partial charge on any atom is 0.268 e. The molecule has 0 spiro atoms. The number of rotatable bonds is 1. The fourth-order valence-corrected chi connectivity index (χ4v) is 0.871. The Labute approximate surface area is 68.0 Å². The van der Waals surface area contributed by atoms with Gasteiger partial charge < -0.3 is 10.2 Å². The Bertz CT molecular complexity index is 357. The van der Waals surface area contributed by atoms with Gasteiger partial charge in [-0.25, -0.2) is 0 Å². The summed E-state index contributed by atoms with van der Waals surface area (Å²) in [6.07, 6.45) is 1.25. The molecule has 0 aliphatic heterocycles. The number of nitrogens with two attached hydrogens (primary N) is 1. The van der Waals surface area contributed by atoms with Crippen LogP contribution in [-0.2, 0) is 7.05 Å². The molecule has 2 rings (SSSR count). The molecule has 0 amide bonds. The molecular weight excluding hydrogens is 158 g/mol. The molecule has 0 fully saturated rings. The lowest BCUT2D eigenvalue weighted by Gasteiger charge is -1.88. The summed E-state index contributed by atoms with van der Waals surface area (Å²) in [5, 5.41) is 11.3. The topological polar surface area (TPSA) is 82.8 Å². The molecule has 0 atom stereocenters. The van der Waals surface area contributed by atoms with Gasteiger partial charge in [0.15, 0.2) is 5.69 Å². The van der Waals surface area contributed by atoms with E-state index >= 15 is 0 Å². The van der Waals surface area contributed by atoms with E-state index in [4.69, 9.17) is 10.2 Å². The lowest BCUT2D eigenvalue weighted by molar-refractivity contribution is 0.564. The quantitative estimate of drug-likeness (QED) is 0.645. The summed E-state index contributed by atoms with van der Waals surface area (Å²) in [5.41, 5.74) is 6.15. The summed E-state index contributed by atoms with van der Waals surface area (Å²) in [6, 6.07) is 1.67. The zero-order valence-corrected chi connectivity index (χ0v) is 6.43. The van der Waals surface area contributed by atoms with Crippen LogP contribution >= 0.6 is 0 Å². The number of aryl methyl sites for hydroxylation is 1. The minimum absolute atomic E-state index is 0.377. The number of nitrogens with zero attached hydrogens (tertiary/aromatic N) is 4. The van der Waals surface area contributed by atoms with Crippen LogP contribution in [0.2, 0.25) is 0 Å². The summed E-state index contributed by atoms with van der Waals surface area (Å²) >= 11 is 0. The number of hydrogen-bond acceptors (Lipinski definition) is 5. The van der Waals surface area contributed by atoms with Gasteiger partial charge in [-0.3, -0.25) is 4.68 Å². The molecule has 0 unspecified atom stereocenters. The summed E-state index contributed by atoms with van der Waals surface area (Å²) < 4.78 is 6.48. The van der Waals surface area contributed by atoms with Crippen molar-refractivity contribution >= 4 is 5.82 Å². The van der Waals surface area contributed by atoms with E-state index in [2.05, 4.69) is 15.3 Å².